The van der Waals surface area contributed by atoms with Gasteiger partial charge in [0.15, 0.2) is 0 Å². The smallest absolute Gasteiger partial charge is 0.229 e. The van der Waals surface area contributed by atoms with E-state index in [9.17, 15) is 0 Å². The zero-order chi connectivity index (χ0) is 16.1. The monoisotopic (exact) mass is 312 g/mol. The molecular formula is C18H20N2O3. The lowest BCUT2D eigenvalue weighted by molar-refractivity contribution is 0.284. The van der Waals surface area contributed by atoms with Crippen molar-refractivity contribution in [1.29, 1.82) is 0 Å². The van der Waals surface area contributed by atoms with Crippen LogP contribution in [0.1, 0.15) is 18.4 Å². The number of hydrogen-bond acceptors (Lipinski definition) is 5. The molecule has 0 aliphatic heterocycles. The van der Waals surface area contributed by atoms with Crippen molar-refractivity contribution in [3.05, 3.63) is 60.4 Å². The summed E-state index contributed by atoms with van der Waals surface area (Å²) in [6, 6.07) is 11.6. The second-order valence-corrected chi connectivity index (χ2v) is 5.32. The first-order chi connectivity index (χ1) is 11.3. The molecule has 0 saturated heterocycles. The Morgan fingerprint density at radius 2 is 1.96 bits per heavy atom. The largest absolute Gasteiger partial charge is 0.493 e. The molecule has 2 aromatic heterocycles. The summed E-state index contributed by atoms with van der Waals surface area (Å²) in [7, 11) is 2.02. The summed E-state index contributed by atoms with van der Waals surface area (Å²) in [5, 5.41) is 0. The van der Waals surface area contributed by atoms with Gasteiger partial charge in [-0.15, -0.1) is 0 Å². The Kier molecular flexibility index (Phi) is 4.78. The van der Waals surface area contributed by atoms with Crippen LogP contribution in [0.15, 0.2) is 57.8 Å². The fourth-order valence-electron chi connectivity index (χ4n) is 2.43. The third kappa shape index (κ3) is 3.81. The predicted molar refractivity (Wildman–Crippen MR) is 87.0 cm³/mol. The Bertz CT molecular complexity index is 734. The summed E-state index contributed by atoms with van der Waals surface area (Å²) in [5.41, 5.74) is 1.75. The average Bonchev–Trinajstić information content (AvgIpc) is 3.20. The highest BCUT2D eigenvalue weighted by molar-refractivity contribution is 5.62. The van der Waals surface area contributed by atoms with Crippen LogP contribution in [0.5, 0.6) is 5.75 Å². The van der Waals surface area contributed by atoms with E-state index in [0.717, 1.165) is 29.3 Å². The van der Waals surface area contributed by atoms with Crippen molar-refractivity contribution in [1.82, 2.24) is 9.88 Å². The SMILES string of the molecule is CCOc1ccccc1-c1nc(CN(C)Cc2ccco2)co1. The number of furan rings is 1. The van der Waals surface area contributed by atoms with Gasteiger partial charge in [0.1, 0.15) is 17.8 Å². The highest BCUT2D eigenvalue weighted by Gasteiger charge is 2.13. The highest BCUT2D eigenvalue weighted by atomic mass is 16.5. The molecule has 0 aliphatic rings. The molecule has 0 bridgehead atoms. The van der Waals surface area contributed by atoms with Gasteiger partial charge < -0.3 is 13.6 Å². The summed E-state index contributed by atoms with van der Waals surface area (Å²) in [6.07, 6.45) is 3.37. The fourth-order valence-corrected chi connectivity index (χ4v) is 2.43. The van der Waals surface area contributed by atoms with E-state index < -0.39 is 0 Å². The van der Waals surface area contributed by atoms with Crippen LogP contribution in [0.4, 0.5) is 0 Å². The van der Waals surface area contributed by atoms with Gasteiger partial charge in [0.2, 0.25) is 5.89 Å². The molecule has 0 atom stereocenters. The number of para-hydroxylation sites is 1. The lowest BCUT2D eigenvalue weighted by Crippen LogP contribution is -2.17. The lowest BCUT2D eigenvalue weighted by Gasteiger charge is -2.12. The zero-order valence-corrected chi connectivity index (χ0v) is 13.4. The maximum atomic E-state index is 5.63. The van der Waals surface area contributed by atoms with E-state index in [4.69, 9.17) is 13.6 Å². The molecule has 0 aliphatic carbocycles. The molecule has 0 N–H and O–H groups in total. The molecule has 3 aromatic rings. The molecule has 0 amide bonds. The van der Waals surface area contributed by atoms with E-state index in [1.165, 1.54) is 0 Å². The molecule has 0 radical (unpaired) electrons. The van der Waals surface area contributed by atoms with E-state index in [2.05, 4.69) is 9.88 Å². The molecule has 23 heavy (non-hydrogen) atoms. The van der Waals surface area contributed by atoms with E-state index in [-0.39, 0.29) is 0 Å². The van der Waals surface area contributed by atoms with Gasteiger partial charge in [0.25, 0.3) is 0 Å². The molecule has 2 heterocycles. The summed E-state index contributed by atoms with van der Waals surface area (Å²) in [5.74, 6) is 2.29. The quantitative estimate of drug-likeness (QED) is 0.661. The summed E-state index contributed by atoms with van der Waals surface area (Å²) in [4.78, 5) is 6.69. The van der Waals surface area contributed by atoms with Gasteiger partial charge in [-0.2, -0.15) is 0 Å². The molecule has 5 heteroatoms. The van der Waals surface area contributed by atoms with Crippen LogP contribution in [0.2, 0.25) is 0 Å². The van der Waals surface area contributed by atoms with E-state index >= 15 is 0 Å². The maximum absolute atomic E-state index is 5.63. The van der Waals surface area contributed by atoms with Crippen molar-refractivity contribution in [2.24, 2.45) is 0 Å². The zero-order valence-electron chi connectivity index (χ0n) is 13.4. The van der Waals surface area contributed by atoms with Crippen LogP contribution >= 0.6 is 0 Å². The number of benzene rings is 1. The van der Waals surface area contributed by atoms with Crippen molar-refractivity contribution < 1.29 is 13.6 Å². The van der Waals surface area contributed by atoms with Crippen molar-refractivity contribution in [2.75, 3.05) is 13.7 Å². The van der Waals surface area contributed by atoms with E-state index in [1.807, 2.05) is 50.4 Å². The third-order valence-electron chi connectivity index (χ3n) is 3.41. The first-order valence-corrected chi connectivity index (χ1v) is 7.63. The number of hydrogen-bond donors (Lipinski definition) is 0. The predicted octanol–water partition coefficient (Wildman–Crippen LogP) is 3.97. The summed E-state index contributed by atoms with van der Waals surface area (Å²) in [6.45, 7) is 3.98. The van der Waals surface area contributed by atoms with E-state index in [0.29, 0.717) is 19.0 Å². The Balaban J connectivity index is 1.70. The molecular weight excluding hydrogens is 292 g/mol. The van der Waals surface area contributed by atoms with Crippen molar-refractivity contribution in [3.8, 4) is 17.2 Å². The topological polar surface area (TPSA) is 51.6 Å². The minimum absolute atomic E-state index is 0.579. The van der Waals surface area contributed by atoms with Gasteiger partial charge >= 0.3 is 0 Å². The van der Waals surface area contributed by atoms with Crippen LogP contribution in [0, 0.1) is 0 Å². The van der Waals surface area contributed by atoms with Gasteiger partial charge in [0.05, 0.1) is 30.7 Å². The summed E-state index contributed by atoms with van der Waals surface area (Å²) >= 11 is 0. The van der Waals surface area contributed by atoms with Crippen LogP contribution < -0.4 is 4.74 Å². The Morgan fingerprint density at radius 1 is 1.09 bits per heavy atom. The van der Waals surface area contributed by atoms with Gasteiger partial charge in [0, 0.05) is 6.54 Å². The first kappa shape index (κ1) is 15.4. The van der Waals surface area contributed by atoms with Gasteiger partial charge in [-0.05, 0) is 38.2 Å². The molecule has 0 saturated carbocycles. The number of aromatic nitrogens is 1. The van der Waals surface area contributed by atoms with Crippen LogP contribution in [0.25, 0.3) is 11.5 Å². The second kappa shape index (κ2) is 7.15. The van der Waals surface area contributed by atoms with Crippen molar-refractivity contribution >= 4 is 0 Å². The molecule has 1 aromatic carbocycles. The standard InChI is InChI=1S/C18H20N2O3/c1-3-21-17-9-5-4-8-16(17)18-19-14(13-23-18)11-20(2)12-15-7-6-10-22-15/h4-10,13H,3,11-12H2,1-2H3. The van der Waals surface area contributed by atoms with Gasteiger partial charge in [-0.25, -0.2) is 4.98 Å². The van der Waals surface area contributed by atoms with Crippen LogP contribution in [0.3, 0.4) is 0 Å². The highest BCUT2D eigenvalue weighted by Crippen LogP contribution is 2.29. The second-order valence-electron chi connectivity index (χ2n) is 5.32. The van der Waals surface area contributed by atoms with Gasteiger partial charge in [-0.3, -0.25) is 4.90 Å². The minimum Gasteiger partial charge on any atom is -0.493 e. The molecule has 0 fully saturated rings. The third-order valence-corrected chi connectivity index (χ3v) is 3.41. The molecule has 3 rings (SSSR count). The number of rotatable bonds is 7. The lowest BCUT2D eigenvalue weighted by atomic mass is 10.2. The Hall–Kier alpha value is -2.53. The van der Waals surface area contributed by atoms with E-state index in [1.54, 1.807) is 12.5 Å². The first-order valence-electron chi connectivity index (χ1n) is 7.63. The number of oxazole rings is 1. The molecule has 0 spiro atoms. The molecule has 0 unspecified atom stereocenters. The van der Waals surface area contributed by atoms with Crippen molar-refractivity contribution in [2.45, 2.75) is 20.0 Å². The van der Waals surface area contributed by atoms with Gasteiger partial charge in [-0.1, -0.05) is 12.1 Å². The average molecular weight is 312 g/mol. The molecule has 5 nitrogen and oxygen atoms in total. The molecule has 120 valence electrons. The minimum atomic E-state index is 0.579. The Labute approximate surface area is 135 Å². The van der Waals surface area contributed by atoms with Crippen molar-refractivity contribution in [3.63, 3.8) is 0 Å². The Morgan fingerprint density at radius 3 is 2.74 bits per heavy atom. The van der Waals surface area contributed by atoms with Crippen LogP contribution in [-0.4, -0.2) is 23.5 Å². The normalized spacial score (nSPS) is 11.1. The fraction of sp³-hybridized carbons (Fsp3) is 0.278. The number of nitrogens with zero attached hydrogens (tertiary/aromatic N) is 2. The number of ether oxygens (including phenoxy) is 1. The summed E-state index contributed by atoms with van der Waals surface area (Å²) < 4.78 is 16.6. The van der Waals surface area contributed by atoms with Crippen LogP contribution in [-0.2, 0) is 13.1 Å². The maximum Gasteiger partial charge on any atom is 0.229 e.